The summed E-state index contributed by atoms with van der Waals surface area (Å²) in [5, 5.41) is 9.66. The zero-order valence-electron chi connectivity index (χ0n) is 17.0. The van der Waals surface area contributed by atoms with Crippen LogP contribution >= 0.6 is 0 Å². The lowest BCUT2D eigenvalue weighted by Gasteiger charge is -2.28. The van der Waals surface area contributed by atoms with Crippen LogP contribution < -0.4 is 5.56 Å². The Labute approximate surface area is 178 Å². The average Bonchev–Trinajstić information content (AvgIpc) is 3.57. The van der Waals surface area contributed by atoms with Gasteiger partial charge in [0.1, 0.15) is 0 Å². The number of pyridine rings is 1. The molecule has 3 heterocycles. The second-order valence-electron chi connectivity index (χ2n) is 8.46. The molecule has 0 bridgehead atoms. The van der Waals surface area contributed by atoms with Crippen molar-refractivity contribution in [1.29, 1.82) is 0 Å². The van der Waals surface area contributed by atoms with Crippen molar-refractivity contribution < 1.29 is 4.79 Å². The van der Waals surface area contributed by atoms with Gasteiger partial charge in [0.05, 0.1) is 5.69 Å². The Balaban J connectivity index is 1.38. The molecule has 0 spiro atoms. The molecule has 0 atom stereocenters. The molecule has 2 N–H and O–H groups in total. The van der Waals surface area contributed by atoms with Crippen LogP contribution in [0.2, 0.25) is 0 Å². The van der Waals surface area contributed by atoms with Gasteiger partial charge in [-0.25, -0.2) is 0 Å². The molecule has 1 aliphatic heterocycles. The summed E-state index contributed by atoms with van der Waals surface area (Å²) in [7, 11) is 0. The third kappa shape index (κ3) is 3.06. The number of carbonyl (C=O) groups excluding carboxylic acids is 1. The molecule has 1 aliphatic carbocycles. The number of fused-ring (bicyclic) bond motifs is 2. The maximum absolute atomic E-state index is 13.6. The molecule has 2 aromatic heterocycles. The molecule has 1 saturated carbocycles. The SMILES string of the molecule is O=C(c1cccc2c(-c3ccc(=O)[nH]c3)cccc12)N1CCc2[nH]nc(C3CC3)c2C1. The summed E-state index contributed by atoms with van der Waals surface area (Å²) >= 11 is 0. The fourth-order valence-corrected chi connectivity index (χ4v) is 4.68. The molecule has 6 heteroatoms. The van der Waals surface area contributed by atoms with E-state index in [0.29, 0.717) is 24.6 Å². The normalized spacial score (nSPS) is 15.8. The highest BCUT2D eigenvalue weighted by Gasteiger charge is 2.33. The van der Waals surface area contributed by atoms with Gasteiger partial charge in [-0.15, -0.1) is 0 Å². The molecule has 0 radical (unpaired) electrons. The Morgan fingerprint density at radius 2 is 1.87 bits per heavy atom. The van der Waals surface area contributed by atoms with Crippen molar-refractivity contribution in [3.63, 3.8) is 0 Å². The molecule has 31 heavy (non-hydrogen) atoms. The van der Waals surface area contributed by atoms with Crippen LogP contribution in [0.3, 0.4) is 0 Å². The van der Waals surface area contributed by atoms with E-state index in [9.17, 15) is 9.59 Å². The quantitative estimate of drug-likeness (QED) is 0.536. The minimum absolute atomic E-state index is 0.0535. The number of nitrogens with one attached hydrogen (secondary N) is 2. The monoisotopic (exact) mass is 410 g/mol. The van der Waals surface area contributed by atoms with Crippen molar-refractivity contribution in [1.82, 2.24) is 20.1 Å². The molecular weight excluding hydrogens is 388 g/mol. The molecule has 0 unspecified atom stereocenters. The first-order valence-corrected chi connectivity index (χ1v) is 10.7. The van der Waals surface area contributed by atoms with Crippen molar-refractivity contribution >= 4 is 16.7 Å². The number of H-pyrrole nitrogens is 2. The highest BCUT2D eigenvalue weighted by atomic mass is 16.2. The first-order chi connectivity index (χ1) is 15.2. The Kier molecular flexibility index (Phi) is 4.06. The van der Waals surface area contributed by atoms with Gasteiger partial charge in [0, 0.05) is 54.5 Å². The minimum Gasteiger partial charge on any atom is -0.334 e. The highest BCUT2D eigenvalue weighted by molar-refractivity contribution is 6.10. The van der Waals surface area contributed by atoms with Crippen LogP contribution in [0.5, 0.6) is 0 Å². The molecule has 0 saturated heterocycles. The number of hydrogen-bond donors (Lipinski definition) is 2. The minimum atomic E-state index is -0.130. The summed E-state index contributed by atoms with van der Waals surface area (Å²) in [4.78, 5) is 29.7. The van der Waals surface area contributed by atoms with Crippen molar-refractivity contribution in [3.05, 3.63) is 87.6 Å². The van der Waals surface area contributed by atoms with E-state index in [1.165, 1.54) is 30.2 Å². The van der Waals surface area contributed by atoms with Crippen molar-refractivity contribution in [2.24, 2.45) is 0 Å². The zero-order valence-corrected chi connectivity index (χ0v) is 17.0. The fourth-order valence-electron chi connectivity index (χ4n) is 4.68. The molecular formula is C25H22N4O2. The summed E-state index contributed by atoms with van der Waals surface area (Å²) in [5.41, 5.74) is 6.06. The van der Waals surface area contributed by atoms with Gasteiger partial charge in [0.25, 0.3) is 5.91 Å². The highest BCUT2D eigenvalue weighted by Crippen LogP contribution is 2.42. The summed E-state index contributed by atoms with van der Waals surface area (Å²) in [6, 6.07) is 15.2. The number of hydrogen-bond acceptors (Lipinski definition) is 3. The van der Waals surface area contributed by atoms with Gasteiger partial charge < -0.3 is 9.88 Å². The lowest BCUT2D eigenvalue weighted by Crippen LogP contribution is -2.36. The largest absolute Gasteiger partial charge is 0.334 e. The smallest absolute Gasteiger partial charge is 0.254 e. The van der Waals surface area contributed by atoms with Gasteiger partial charge in [-0.1, -0.05) is 30.3 Å². The Hall–Kier alpha value is -3.67. The van der Waals surface area contributed by atoms with Crippen molar-refractivity contribution in [3.8, 4) is 11.1 Å². The summed E-state index contributed by atoms with van der Waals surface area (Å²) in [6.07, 6.45) is 4.93. The van der Waals surface area contributed by atoms with Gasteiger partial charge in [0.15, 0.2) is 0 Å². The average molecular weight is 410 g/mol. The van der Waals surface area contributed by atoms with Gasteiger partial charge >= 0.3 is 0 Å². The van der Waals surface area contributed by atoms with E-state index < -0.39 is 0 Å². The Morgan fingerprint density at radius 1 is 1.03 bits per heavy atom. The van der Waals surface area contributed by atoms with Crippen LogP contribution in [0.4, 0.5) is 0 Å². The number of aromatic nitrogens is 3. The second-order valence-corrected chi connectivity index (χ2v) is 8.46. The van der Waals surface area contributed by atoms with E-state index in [1.54, 1.807) is 6.20 Å². The van der Waals surface area contributed by atoms with Gasteiger partial charge in [-0.05, 0) is 46.9 Å². The van der Waals surface area contributed by atoms with Crippen molar-refractivity contribution in [2.75, 3.05) is 6.54 Å². The molecule has 2 aliphatic rings. The van der Waals surface area contributed by atoms with Crippen molar-refractivity contribution in [2.45, 2.75) is 31.7 Å². The van der Waals surface area contributed by atoms with Crippen LogP contribution in [-0.2, 0) is 13.0 Å². The third-order valence-electron chi connectivity index (χ3n) is 6.46. The number of nitrogens with zero attached hydrogens (tertiary/aromatic N) is 2. The molecule has 6 nitrogen and oxygen atoms in total. The molecule has 2 aromatic carbocycles. The predicted octanol–water partition coefficient (Wildman–Crippen LogP) is 3.99. The topological polar surface area (TPSA) is 81.9 Å². The van der Waals surface area contributed by atoms with Gasteiger partial charge in [-0.2, -0.15) is 5.10 Å². The predicted molar refractivity (Wildman–Crippen MR) is 119 cm³/mol. The van der Waals surface area contributed by atoms with E-state index in [2.05, 4.69) is 15.2 Å². The van der Waals surface area contributed by atoms with Gasteiger partial charge in [0.2, 0.25) is 5.56 Å². The zero-order chi connectivity index (χ0) is 20.9. The van der Waals surface area contributed by atoms with Crippen LogP contribution in [0, 0.1) is 0 Å². The van der Waals surface area contributed by atoms with E-state index in [4.69, 9.17) is 0 Å². The van der Waals surface area contributed by atoms with E-state index >= 15 is 0 Å². The molecule has 6 rings (SSSR count). The summed E-state index contributed by atoms with van der Waals surface area (Å²) in [5.74, 6) is 0.616. The molecule has 1 amide bonds. The van der Waals surface area contributed by atoms with Gasteiger partial charge in [-0.3, -0.25) is 14.7 Å². The molecule has 1 fully saturated rings. The third-order valence-corrected chi connectivity index (χ3v) is 6.46. The number of benzene rings is 2. The number of carbonyl (C=O) groups is 1. The van der Waals surface area contributed by atoms with Crippen LogP contribution in [0.25, 0.3) is 21.9 Å². The first-order valence-electron chi connectivity index (χ1n) is 10.7. The van der Waals surface area contributed by atoms with Crippen LogP contribution in [0.1, 0.15) is 46.1 Å². The van der Waals surface area contributed by atoms with E-state index in [-0.39, 0.29) is 11.5 Å². The number of rotatable bonds is 3. The Bertz CT molecular complexity index is 1360. The maximum Gasteiger partial charge on any atom is 0.254 e. The number of amides is 1. The molecule has 4 aromatic rings. The summed E-state index contributed by atoms with van der Waals surface area (Å²) in [6.45, 7) is 1.31. The lowest BCUT2D eigenvalue weighted by molar-refractivity contribution is 0.0736. The summed E-state index contributed by atoms with van der Waals surface area (Å²) < 4.78 is 0. The fraction of sp³-hybridized carbons (Fsp3) is 0.240. The first kappa shape index (κ1) is 18.1. The second kappa shape index (κ2) is 6.94. The van der Waals surface area contributed by atoms with Crippen LogP contribution in [0.15, 0.2) is 59.5 Å². The Morgan fingerprint density at radius 3 is 2.68 bits per heavy atom. The number of aromatic amines is 2. The molecule has 154 valence electrons. The van der Waals surface area contributed by atoms with E-state index in [0.717, 1.165) is 34.0 Å². The maximum atomic E-state index is 13.6. The standard InChI is InChI=1S/C25H22N4O2/c30-23-10-9-16(13-26-23)17-3-1-5-19-18(17)4-2-6-20(19)25(31)29-12-11-22-21(14-29)24(28-27-22)15-7-8-15/h1-6,9-10,13,15H,7-8,11-12,14H2,(H,26,30)(H,27,28). The van der Waals surface area contributed by atoms with E-state index in [1.807, 2.05) is 47.4 Å². The van der Waals surface area contributed by atoms with Crippen LogP contribution in [-0.4, -0.2) is 32.5 Å². The lowest BCUT2D eigenvalue weighted by atomic mass is 9.95.